The fraction of sp³-hybridized carbons (Fsp3) is 0.100. The van der Waals surface area contributed by atoms with E-state index in [-0.39, 0.29) is 17.3 Å². The molecule has 0 fully saturated rings. The zero-order chi connectivity index (χ0) is 10.7. The third-order valence-electron chi connectivity index (χ3n) is 1.59. The number of phenols is 2. The van der Waals surface area contributed by atoms with Crippen LogP contribution < -0.4 is 0 Å². The molecule has 1 aromatic rings. The summed E-state index contributed by atoms with van der Waals surface area (Å²) in [5, 5.41) is 18.3. The number of rotatable bonds is 2. The van der Waals surface area contributed by atoms with Gasteiger partial charge in [0.2, 0.25) is 0 Å². The number of ketones is 1. The highest BCUT2D eigenvalue weighted by atomic mass is 79.9. The van der Waals surface area contributed by atoms with Gasteiger partial charge in [-0.05, 0) is 30.7 Å². The van der Waals surface area contributed by atoms with Gasteiger partial charge in [0.15, 0.2) is 17.3 Å². The van der Waals surface area contributed by atoms with Crippen molar-refractivity contribution >= 4 is 27.8 Å². The predicted octanol–water partition coefficient (Wildman–Crippen LogP) is 2.46. The number of phenolic OH excluding ortho intramolecular Hbond substituents is 2. The number of benzene rings is 1. The van der Waals surface area contributed by atoms with Crippen molar-refractivity contribution in [2.45, 2.75) is 6.92 Å². The minimum atomic E-state index is -0.212. The molecule has 4 heteroatoms. The summed E-state index contributed by atoms with van der Waals surface area (Å²) in [6, 6.07) is 2.74. The highest BCUT2D eigenvalue weighted by Crippen LogP contribution is 2.31. The maximum atomic E-state index is 10.7. The van der Waals surface area contributed by atoms with Crippen LogP contribution >= 0.6 is 15.9 Å². The number of carbonyl (C=O) groups excluding carboxylic acids is 1. The van der Waals surface area contributed by atoms with Gasteiger partial charge in [0, 0.05) is 4.47 Å². The first-order chi connectivity index (χ1) is 6.50. The maximum absolute atomic E-state index is 10.7. The standard InChI is InChI=1S/C10H9BrO3/c1-6(12)2-3-7-4-9(13)10(14)5-8(7)11/h2-5,13-14H,1H3/b3-2+. The van der Waals surface area contributed by atoms with Gasteiger partial charge in [-0.1, -0.05) is 22.0 Å². The second-order valence-electron chi connectivity index (χ2n) is 2.81. The number of carbonyl (C=O) groups is 1. The highest BCUT2D eigenvalue weighted by Gasteiger charge is 2.03. The SMILES string of the molecule is CC(=O)/C=C/c1cc(O)c(O)cc1Br. The predicted molar refractivity (Wildman–Crippen MR) is 57.2 cm³/mol. The molecule has 1 rings (SSSR count). The summed E-state index contributed by atoms with van der Waals surface area (Å²) in [7, 11) is 0. The Balaban J connectivity index is 3.10. The Morgan fingerprint density at radius 3 is 2.50 bits per heavy atom. The van der Waals surface area contributed by atoms with Gasteiger partial charge in [0.1, 0.15) is 0 Å². The largest absolute Gasteiger partial charge is 0.504 e. The number of hydrogen-bond acceptors (Lipinski definition) is 3. The van der Waals surface area contributed by atoms with Gasteiger partial charge in [0.05, 0.1) is 0 Å². The van der Waals surface area contributed by atoms with Crippen LogP contribution in [0.15, 0.2) is 22.7 Å². The second-order valence-corrected chi connectivity index (χ2v) is 3.66. The lowest BCUT2D eigenvalue weighted by molar-refractivity contribution is -0.112. The average molecular weight is 257 g/mol. The molecule has 14 heavy (non-hydrogen) atoms. The van der Waals surface area contributed by atoms with E-state index >= 15 is 0 Å². The van der Waals surface area contributed by atoms with Crippen LogP contribution in [0.25, 0.3) is 6.08 Å². The molecule has 0 aliphatic rings. The van der Waals surface area contributed by atoms with Crippen molar-refractivity contribution < 1.29 is 15.0 Å². The average Bonchev–Trinajstić information content (AvgIpc) is 2.09. The molecule has 0 heterocycles. The van der Waals surface area contributed by atoms with Crippen LogP contribution in [0.1, 0.15) is 12.5 Å². The van der Waals surface area contributed by atoms with Crippen LogP contribution in [-0.2, 0) is 4.79 Å². The Morgan fingerprint density at radius 1 is 1.36 bits per heavy atom. The summed E-state index contributed by atoms with van der Waals surface area (Å²) in [6.45, 7) is 1.44. The van der Waals surface area contributed by atoms with Gasteiger partial charge in [-0.25, -0.2) is 0 Å². The van der Waals surface area contributed by atoms with E-state index in [2.05, 4.69) is 15.9 Å². The smallest absolute Gasteiger partial charge is 0.158 e. The fourth-order valence-corrected chi connectivity index (χ4v) is 1.37. The molecule has 1 aromatic carbocycles. The van der Waals surface area contributed by atoms with Crippen LogP contribution in [0.4, 0.5) is 0 Å². The zero-order valence-corrected chi connectivity index (χ0v) is 9.08. The lowest BCUT2D eigenvalue weighted by atomic mass is 10.2. The third-order valence-corrected chi connectivity index (χ3v) is 2.28. The quantitative estimate of drug-likeness (QED) is 0.632. The molecule has 0 unspecified atom stereocenters. The zero-order valence-electron chi connectivity index (χ0n) is 7.49. The fourth-order valence-electron chi connectivity index (χ4n) is 0.902. The number of allylic oxidation sites excluding steroid dienone is 1. The summed E-state index contributed by atoms with van der Waals surface area (Å²) in [4.78, 5) is 10.7. The van der Waals surface area contributed by atoms with Gasteiger partial charge in [-0.2, -0.15) is 0 Å². The van der Waals surface area contributed by atoms with Crippen LogP contribution in [0.2, 0.25) is 0 Å². The van der Waals surface area contributed by atoms with Crippen LogP contribution in [0.5, 0.6) is 11.5 Å². The molecule has 74 valence electrons. The van der Waals surface area contributed by atoms with Gasteiger partial charge >= 0.3 is 0 Å². The first-order valence-corrected chi connectivity index (χ1v) is 4.70. The molecular weight excluding hydrogens is 248 g/mol. The second kappa shape index (κ2) is 4.28. The number of aromatic hydroxyl groups is 2. The topological polar surface area (TPSA) is 57.5 Å². The van der Waals surface area contributed by atoms with E-state index < -0.39 is 0 Å². The van der Waals surface area contributed by atoms with Gasteiger partial charge in [0.25, 0.3) is 0 Å². The summed E-state index contributed by atoms with van der Waals surface area (Å²) in [6.07, 6.45) is 2.95. The summed E-state index contributed by atoms with van der Waals surface area (Å²) < 4.78 is 0.616. The van der Waals surface area contributed by atoms with E-state index in [1.807, 2.05) is 0 Å². The molecule has 0 saturated carbocycles. The van der Waals surface area contributed by atoms with E-state index in [9.17, 15) is 9.90 Å². The molecule has 0 amide bonds. The van der Waals surface area contributed by atoms with E-state index in [4.69, 9.17) is 5.11 Å². The molecule has 0 aliphatic heterocycles. The lowest BCUT2D eigenvalue weighted by Gasteiger charge is -2.01. The van der Waals surface area contributed by atoms with Crippen molar-refractivity contribution in [2.24, 2.45) is 0 Å². The molecule has 0 spiro atoms. The monoisotopic (exact) mass is 256 g/mol. The minimum Gasteiger partial charge on any atom is -0.504 e. The van der Waals surface area contributed by atoms with E-state index in [0.717, 1.165) is 0 Å². The van der Waals surface area contributed by atoms with Crippen molar-refractivity contribution in [1.82, 2.24) is 0 Å². The molecule has 0 bridgehead atoms. The molecule has 2 N–H and O–H groups in total. The highest BCUT2D eigenvalue weighted by molar-refractivity contribution is 9.10. The molecule has 0 atom stereocenters. The molecule has 3 nitrogen and oxygen atoms in total. The lowest BCUT2D eigenvalue weighted by Crippen LogP contribution is -1.82. The molecule has 0 aromatic heterocycles. The summed E-state index contributed by atoms with van der Waals surface area (Å²) in [5.74, 6) is -0.488. The van der Waals surface area contributed by atoms with Crippen molar-refractivity contribution in [3.8, 4) is 11.5 Å². The van der Waals surface area contributed by atoms with E-state index in [1.54, 1.807) is 6.08 Å². The summed E-state index contributed by atoms with van der Waals surface area (Å²) in [5.41, 5.74) is 0.635. The van der Waals surface area contributed by atoms with Crippen LogP contribution in [0.3, 0.4) is 0 Å². The third kappa shape index (κ3) is 2.60. The molecule has 0 radical (unpaired) electrons. The normalized spacial score (nSPS) is 10.7. The first kappa shape index (κ1) is 10.8. The van der Waals surface area contributed by atoms with E-state index in [0.29, 0.717) is 10.0 Å². The van der Waals surface area contributed by atoms with Gasteiger partial charge in [-0.3, -0.25) is 4.79 Å². The Hall–Kier alpha value is -1.29. The van der Waals surface area contributed by atoms with Crippen molar-refractivity contribution in [1.29, 1.82) is 0 Å². The number of hydrogen-bond donors (Lipinski definition) is 2. The Bertz CT molecular complexity index is 397. The molecular formula is C10H9BrO3. The van der Waals surface area contributed by atoms with Crippen molar-refractivity contribution in [3.05, 3.63) is 28.2 Å². The van der Waals surface area contributed by atoms with Crippen LogP contribution in [-0.4, -0.2) is 16.0 Å². The Kier molecular flexibility index (Phi) is 3.30. The Morgan fingerprint density at radius 2 is 1.93 bits per heavy atom. The maximum Gasteiger partial charge on any atom is 0.158 e. The minimum absolute atomic E-state index is 0.0792. The van der Waals surface area contributed by atoms with Crippen LogP contribution in [0, 0.1) is 0 Å². The molecule has 0 aliphatic carbocycles. The molecule has 0 saturated heterocycles. The van der Waals surface area contributed by atoms with Gasteiger partial charge < -0.3 is 10.2 Å². The van der Waals surface area contributed by atoms with Gasteiger partial charge in [-0.15, -0.1) is 0 Å². The first-order valence-electron chi connectivity index (χ1n) is 3.91. The Labute approximate surface area is 89.8 Å². The summed E-state index contributed by atoms with van der Waals surface area (Å²) >= 11 is 3.20. The van der Waals surface area contributed by atoms with Crippen molar-refractivity contribution in [3.63, 3.8) is 0 Å². The van der Waals surface area contributed by atoms with E-state index in [1.165, 1.54) is 25.1 Å². The van der Waals surface area contributed by atoms with Crippen molar-refractivity contribution in [2.75, 3.05) is 0 Å². The number of halogens is 1.